The van der Waals surface area contributed by atoms with Crippen LogP contribution in [0.2, 0.25) is 0 Å². The molecule has 0 aliphatic heterocycles. The molecule has 0 spiro atoms. The number of amides is 1. The molecule has 2 aromatic rings. The van der Waals surface area contributed by atoms with E-state index in [9.17, 15) is 9.59 Å². The lowest BCUT2D eigenvalue weighted by Crippen LogP contribution is -2.15. The number of carboxylic acid groups (broad SMARTS) is 1. The number of carbonyl (C=O) groups is 2. The van der Waals surface area contributed by atoms with E-state index in [0.29, 0.717) is 11.3 Å². The molecule has 2 N–H and O–H groups in total. The molecule has 0 radical (unpaired) electrons. The molecule has 132 valence electrons. The fraction of sp³-hybridized carbons (Fsp3) is 0.300. The molecule has 5 nitrogen and oxygen atoms in total. The van der Waals surface area contributed by atoms with Crippen molar-refractivity contribution in [3.63, 3.8) is 0 Å². The molecule has 0 aromatic heterocycles. The van der Waals surface area contributed by atoms with Crippen LogP contribution in [0.3, 0.4) is 0 Å². The molecule has 1 amide bonds. The maximum atomic E-state index is 12.3. The van der Waals surface area contributed by atoms with Crippen molar-refractivity contribution in [2.75, 3.05) is 5.32 Å². The fourth-order valence-electron chi connectivity index (χ4n) is 2.42. The lowest BCUT2D eigenvalue weighted by molar-refractivity contribution is -0.138. The summed E-state index contributed by atoms with van der Waals surface area (Å²) >= 11 is 0. The molecule has 25 heavy (non-hydrogen) atoms. The second-order valence-electron chi connectivity index (χ2n) is 6.22. The number of benzene rings is 2. The van der Waals surface area contributed by atoms with Gasteiger partial charge in [-0.25, -0.2) is 0 Å². The van der Waals surface area contributed by atoms with E-state index in [0.717, 1.165) is 11.3 Å². The van der Waals surface area contributed by atoms with Gasteiger partial charge in [-0.05, 0) is 56.2 Å². The van der Waals surface area contributed by atoms with Crippen LogP contribution >= 0.6 is 0 Å². The van der Waals surface area contributed by atoms with Gasteiger partial charge in [0.05, 0.1) is 18.4 Å². The van der Waals surface area contributed by atoms with Gasteiger partial charge >= 0.3 is 5.97 Å². The molecular formula is C20H23NO4. The maximum Gasteiger partial charge on any atom is 0.310 e. The van der Waals surface area contributed by atoms with Gasteiger partial charge in [0, 0.05) is 5.69 Å². The Labute approximate surface area is 147 Å². The van der Waals surface area contributed by atoms with E-state index in [1.807, 2.05) is 38.1 Å². The number of nitrogens with one attached hydrogen (secondary N) is 1. The Hall–Kier alpha value is -2.82. The van der Waals surface area contributed by atoms with Crippen LogP contribution in [-0.4, -0.2) is 23.1 Å². The van der Waals surface area contributed by atoms with Gasteiger partial charge in [-0.1, -0.05) is 24.3 Å². The molecule has 0 saturated carbocycles. The molecular weight excluding hydrogens is 318 g/mol. The van der Waals surface area contributed by atoms with Crippen LogP contribution in [0.15, 0.2) is 48.5 Å². The lowest BCUT2D eigenvalue weighted by Gasteiger charge is -2.12. The van der Waals surface area contributed by atoms with Crippen molar-refractivity contribution in [1.29, 1.82) is 0 Å². The smallest absolute Gasteiger partial charge is 0.310 e. The van der Waals surface area contributed by atoms with E-state index >= 15 is 0 Å². The highest BCUT2D eigenvalue weighted by molar-refractivity contribution is 5.92. The molecule has 0 aliphatic rings. The van der Waals surface area contributed by atoms with Crippen LogP contribution in [0.1, 0.15) is 37.8 Å². The average Bonchev–Trinajstić information content (AvgIpc) is 2.53. The third kappa shape index (κ3) is 5.64. The molecule has 0 bridgehead atoms. The highest BCUT2D eigenvalue weighted by Gasteiger charge is 2.14. The number of aliphatic carboxylic acids is 1. The zero-order valence-electron chi connectivity index (χ0n) is 14.7. The SMILES string of the molecule is CC(C)Oc1cccc(CC(=O)Nc2cccc(C(C)C(=O)O)c2)c1. The number of carboxylic acids is 1. The summed E-state index contributed by atoms with van der Waals surface area (Å²) in [6.07, 6.45) is 0.289. The fourth-order valence-corrected chi connectivity index (χ4v) is 2.42. The van der Waals surface area contributed by atoms with Gasteiger partial charge in [0.15, 0.2) is 0 Å². The van der Waals surface area contributed by atoms with Crippen LogP contribution < -0.4 is 10.1 Å². The first-order valence-corrected chi connectivity index (χ1v) is 8.23. The Bertz CT molecular complexity index is 755. The molecule has 0 heterocycles. The first-order valence-electron chi connectivity index (χ1n) is 8.23. The summed E-state index contributed by atoms with van der Waals surface area (Å²) in [5.41, 5.74) is 2.09. The molecule has 1 atom stereocenters. The number of carbonyl (C=O) groups excluding carboxylic acids is 1. The topological polar surface area (TPSA) is 75.6 Å². The third-order valence-corrected chi connectivity index (χ3v) is 3.68. The number of hydrogen-bond acceptors (Lipinski definition) is 3. The molecule has 1 unspecified atom stereocenters. The zero-order valence-corrected chi connectivity index (χ0v) is 14.7. The molecule has 5 heteroatoms. The second kappa shape index (κ2) is 8.33. The van der Waals surface area contributed by atoms with Crippen molar-refractivity contribution in [2.24, 2.45) is 0 Å². The van der Waals surface area contributed by atoms with Crippen molar-refractivity contribution in [2.45, 2.75) is 39.2 Å². The van der Waals surface area contributed by atoms with Crippen molar-refractivity contribution in [1.82, 2.24) is 0 Å². The summed E-state index contributed by atoms with van der Waals surface area (Å²) < 4.78 is 5.63. The monoisotopic (exact) mass is 341 g/mol. The normalized spacial score (nSPS) is 11.8. The van der Waals surface area contributed by atoms with Crippen LogP contribution in [0.5, 0.6) is 5.75 Å². The minimum atomic E-state index is -0.898. The van der Waals surface area contributed by atoms with Gasteiger partial charge in [-0.2, -0.15) is 0 Å². The number of hydrogen-bond donors (Lipinski definition) is 2. The van der Waals surface area contributed by atoms with E-state index < -0.39 is 11.9 Å². The van der Waals surface area contributed by atoms with E-state index in [2.05, 4.69) is 5.32 Å². The van der Waals surface area contributed by atoms with Crippen LogP contribution in [-0.2, 0) is 16.0 Å². The van der Waals surface area contributed by atoms with Gasteiger partial charge in [-0.3, -0.25) is 9.59 Å². The van der Waals surface area contributed by atoms with E-state index in [4.69, 9.17) is 9.84 Å². The van der Waals surface area contributed by atoms with Crippen LogP contribution in [0.25, 0.3) is 0 Å². The van der Waals surface area contributed by atoms with Crippen LogP contribution in [0, 0.1) is 0 Å². The number of rotatable bonds is 7. The molecule has 0 saturated heterocycles. The first kappa shape index (κ1) is 18.5. The van der Waals surface area contributed by atoms with Gasteiger partial charge in [-0.15, -0.1) is 0 Å². The zero-order chi connectivity index (χ0) is 18.4. The summed E-state index contributed by atoms with van der Waals surface area (Å²) in [5.74, 6) is -0.952. The minimum absolute atomic E-state index is 0.0723. The van der Waals surface area contributed by atoms with Gasteiger partial charge in [0.2, 0.25) is 5.91 Å². The molecule has 2 rings (SSSR count). The summed E-state index contributed by atoms with van der Waals surface area (Å²) in [7, 11) is 0. The van der Waals surface area contributed by atoms with Crippen molar-refractivity contribution < 1.29 is 19.4 Å². The predicted octanol–water partition coefficient (Wildman–Crippen LogP) is 3.84. The highest BCUT2D eigenvalue weighted by atomic mass is 16.5. The predicted molar refractivity (Wildman–Crippen MR) is 97.0 cm³/mol. The van der Waals surface area contributed by atoms with Crippen molar-refractivity contribution in [3.8, 4) is 5.75 Å². The van der Waals surface area contributed by atoms with Gasteiger partial charge < -0.3 is 15.2 Å². The third-order valence-electron chi connectivity index (χ3n) is 3.68. The first-order chi connectivity index (χ1) is 11.8. The minimum Gasteiger partial charge on any atom is -0.491 e. The summed E-state index contributed by atoms with van der Waals surface area (Å²) in [5, 5.41) is 11.9. The highest BCUT2D eigenvalue weighted by Crippen LogP contribution is 2.20. The van der Waals surface area contributed by atoms with Crippen molar-refractivity contribution in [3.05, 3.63) is 59.7 Å². The quantitative estimate of drug-likeness (QED) is 0.802. The number of anilines is 1. The van der Waals surface area contributed by atoms with E-state index in [1.54, 1.807) is 31.2 Å². The number of ether oxygens (including phenoxy) is 1. The lowest BCUT2D eigenvalue weighted by atomic mass is 10.0. The summed E-state index contributed by atoms with van der Waals surface area (Å²) in [6.45, 7) is 5.51. The average molecular weight is 341 g/mol. The molecule has 0 aliphatic carbocycles. The Kier molecular flexibility index (Phi) is 6.17. The van der Waals surface area contributed by atoms with E-state index in [1.165, 1.54) is 0 Å². The van der Waals surface area contributed by atoms with Gasteiger partial charge in [0.1, 0.15) is 5.75 Å². The van der Waals surface area contributed by atoms with Crippen molar-refractivity contribution >= 4 is 17.6 Å². The molecule has 0 fully saturated rings. The van der Waals surface area contributed by atoms with Gasteiger partial charge in [0.25, 0.3) is 0 Å². The Morgan fingerprint density at radius 3 is 2.48 bits per heavy atom. The Morgan fingerprint density at radius 2 is 1.80 bits per heavy atom. The standard InChI is InChI=1S/C20H23NO4/c1-13(2)25-18-9-4-6-15(10-18)11-19(22)21-17-8-5-7-16(12-17)14(3)20(23)24/h4-10,12-14H,11H2,1-3H3,(H,21,22)(H,23,24). The largest absolute Gasteiger partial charge is 0.491 e. The van der Waals surface area contributed by atoms with Crippen LogP contribution in [0.4, 0.5) is 5.69 Å². The molecule has 2 aromatic carbocycles. The summed E-state index contributed by atoms with van der Waals surface area (Å²) in [4.78, 5) is 23.3. The maximum absolute atomic E-state index is 12.3. The second-order valence-corrected chi connectivity index (χ2v) is 6.22. The Balaban J connectivity index is 2.03. The summed E-state index contributed by atoms with van der Waals surface area (Å²) in [6, 6.07) is 14.3. The van der Waals surface area contributed by atoms with E-state index in [-0.39, 0.29) is 18.4 Å². The Morgan fingerprint density at radius 1 is 1.08 bits per heavy atom.